The van der Waals surface area contributed by atoms with Crippen molar-refractivity contribution >= 4 is 16.0 Å². The summed E-state index contributed by atoms with van der Waals surface area (Å²) >= 11 is 0. The predicted molar refractivity (Wildman–Crippen MR) is 60.5 cm³/mol. The van der Waals surface area contributed by atoms with E-state index in [1.54, 1.807) is 25.4 Å². The SMILES string of the molecule is CCS(=O)(=O)N1CC(Nc2ncccn2)C1. The van der Waals surface area contributed by atoms with Crippen LogP contribution in [0.1, 0.15) is 6.92 Å². The third-order valence-electron chi connectivity index (χ3n) is 2.51. The molecule has 16 heavy (non-hydrogen) atoms. The topological polar surface area (TPSA) is 75.2 Å². The molecule has 0 aromatic carbocycles. The molecule has 0 amide bonds. The molecule has 1 aromatic rings. The van der Waals surface area contributed by atoms with Crippen molar-refractivity contribution in [2.45, 2.75) is 13.0 Å². The van der Waals surface area contributed by atoms with Gasteiger partial charge in [-0.2, -0.15) is 4.31 Å². The molecule has 0 atom stereocenters. The van der Waals surface area contributed by atoms with Gasteiger partial charge in [0, 0.05) is 25.5 Å². The summed E-state index contributed by atoms with van der Waals surface area (Å²) in [6.45, 7) is 2.64. The molecule has 0 radical (unpaired) electrons. The molecule has 1 aliphatic rings. The van der Waals surface area contributed by atoms with E-state index in [4.69, 9.17) is 0 Å². The standard InChI is InChI=1S/C9H14N4O2S/c1-2-16(14,15)13-6-8(7-13)12-9-10-4-3-5-11-9/h3-5,8H,2,6-7H2,1H3,(H,10,11,12). The van der Waals surface area contributed by atoms with Gasteiger partial charge in [0.1, 0.15) is 0 Å². The van der Waals surface area contributed by atoms with Gasteiger partial charge in [-0.3, -0.25) is 0 Å². The summed E-state index contributed by atoms with van der Waals surface area (Å²) in [4.78, 5) is 8.04. The van der Waals surface area contributed by atoms with Crippen molar-refractivity contribution in [2.75, 3.05) is 24.2 Å². The van der Waals surface area contributed by atoms with E-state index < -0.39 is 10.0 Å². The van der Waals surface area contributed by atoms with Gasteiger partial charge in [0.25, 0.3) is 0 Å². The van der Waals surface area contributed by atoms with Gasteiger partial charge in [0.15, 0.2) is 0 Å². The Morgan fingerprint density at radius 2 is 2.06 bits per heavy atom. The second kappa shape index (κ2) is 4.34. The fourth-order valence-corrected chi connectivity index (χ4v) is 2.67. The molecule has 0 aliphatic carbocycles. The Morgan fingerprint density at radius 3 is 2.62 bits per heavy atom. The second-order valence-electron chi connectivity index (χ2n) is 3.63. The van der Waals surface area contributed by atoms with Gasteiger partial charge in [-0.05, 0) is 13.0 Å². The number of hydrogen-bond acceptors (Lipinski definition) is 5. The van der Waals surface area contributed by atoms with Gasteiger partial charge in [0.05, 0.1) is 11.8 Å². The van der Waals surface area contributed by atoms with Crippen molar-refractivity contribution in [3.63, 3.8) is 0 Å². The quantitative estimate of drug-likeness (QED) is 0.799. The lowest BCUT2D eigenvalue weighted by Crippen LogP contribution is -2.57. The van der Waals surface area contributed by atoms with Crippen LogP contribution in [0.2, 0.25) is 0 Å². The molecule has 1 fully saturated rings. The molecule has 1 aromatic heterocycles. The summed E-state index contributed by atoms with van der Waals surface area (Å²) in [5.41, 5.74) is 0. The van der Waals surface area contributed by atoms with Gasteiger partial charge in [-0.25, -0.2) is 18.4 Å². The number of aromatic nitrogens is 2. The Bertz CT molecular complexity index is 442. The molecule has 88 valence electrons. The van der Waals surface area contributed by atoms with Crippen molar-refractivity contribution in [2.24, 2.45) is 0 Å². The summed E-state index contributed by atoms with van der Waals surface area (Å²) in [5.74, 6) is 0.697. The van der Waals surface area contributed by atoms with E-state index in [2.05, 4.69) is 15.3 Å². The first kappa shape index (κ1) is 11.3. The summed E-state index contributed by atoms with van der Waals surface area (Å²) < 4.78 is 24.4. The zero-order valence-corrected chi connectivity index (χ0v) is 9.81. The summed E-state index contributed by atoms with van der Waals surface area (Å²) in [5, 5.41) is 3.08. The average Bonchev–Trinajstić information content (AvgIpc) is 2.24. The fourth-order valence-electron chi connectivity index (χ4n) is 1.50. The molecule has 1 aliphatic heterocycles. The van der Waals surface area contributed by atoms with Gasteiger partial charge in [-0.1, -0.05) is 0 Å². The molecule has 2 heterocycles. The molecule has 0 spiro atoms. The Balaban J connectivity index is 1.86. The molecule has 0 bridgehead atoms. The van der Waals surface area contributed by atoms with Crippen LogP contribution >= 0.6 is 0 Å². The molecule has 7 heteroatoms. The minimum Gasteiger partial charge on any atom is -0.349 e. The highest BCUT2D eigenvalue weighted by atomic mass is 32.2. The van der Waals surface area contributed by atoms with E-state index in [0.717, 1.165) is 0 Å². The van der Waals surface area contributed by atoms with Crippen molar-refractivity contribution in [3.05, 3.63) is 18.5 Å². The van der Waals surface area contributed by atoms with E-state index in [1.807, 2.05) is 0 Å². The summed E-state index contributed by atoms with van der Waals surface area (Å²) in [7, 11) is -3.03. The first-order valence-electron chi connectivity index (χ1n) is 5.13. The van der Waals surface area contributed by atoms with Gasteiger partial charge >= 0.3 is 0 Å². The first-order valence-corrected chi connectivity index (χ1v) is 6.74. The van der Waals surface area contributed by atoms with Crippen LogP contribution < -0.4 is 5.32 Å². The monoisotopic (exact) mass is 242 g/mol. The third-order valence-corrected chi connectivity index (χ3v) is 4.32. The zero-order valence-electron chi connectivity index (χ0n) is 9.00. The maximum absolute atomic E-state index is 11.4. The van der Waals surface area contributed by atoms with Gasteiger partial charge < -0.3 is 5.32 Å². The van der Waals surface area contributed by atoms with Crippen LogP contribution in [-0.4, -0.2) is 47.6 Å². The van der Waals surface area contributed by atoms with Crippen LogP contribution in [0.4, 0.5) is 5.95 Å². The van der Waals surface area contributed by atoms with Crippen LogP contribution in [0, 0.1) is 0 Å². The molecule has 0 saturated carbocycles. The van der Waals surface area contributed by atoms with E-state index in [0.29, 0.717) is 19.0 Å². The van der Waals surface area contributed by atoms with Crippen LogP contribution in [0.5, 0.6) is 0 Å². The molecular weight excluding hydrogens is 228 g/mol. The lowest BCUT2D eigenvalue weighted by molar-refractivity contribution is 0.280. The smallest absolute Gasteiger partial charge is 0.222 e. The fraction of sp³-hybridized carbons (Fsp3) is 0.556. The number of anilines is 1. The first-order chi connectivity index (χ1) is 7.62. The number of hydrogen-bond donors (Lipinski definition) is 1. The summed E-state index contributed by atoms with van der Waals surface area (Å²) in [6.07, 6.45) is 3.29. The molecule has 1 N–H and O–H groups in total. The van der Waals surface area contributed by atoms with Crippen LogP contribution in [0.15, 0.2) is 18.5 Å². The van der Waals surface area contributed by atoms with E-state index in [-0.39, 0.29) is 11.8 Å². The van der Waals surface area contributed by atoms with Gasteiger partial charge in [-0.15, -0.1) is 0 Å². The maximum atomic E-state index is 11.4. The zero-order chi connectivity index (χ0) is 11.6. The number of nitrogens with one attached hydrogen (secondary N) is 1. The van der Waals surface area contributed by atoms with Crippen LogP contribution in [0.3, 0.4) is 0 Å². The molecule has 1 saturated heterocycles. The maximum Gasteiger partial charge on any atom is 0.222 e. The Hall–Kier alpha value is -1.21. The van der Waals surface area contributed by atoms with Crippen molar-refractivity contribution in [3.8, 4) is 0 Å². The number of sulfonamides is 1. The number of nitrogens with zero attached hydrogens (tertiary/aromatic N) is 3. The third kappa shape index (κ3) is 2.30. The van der Waals surface area contributed by atoms with Crippen molar-refractivity contribution < 1.29 is 8.42 Å². The van der Waals surface area contributed by atoms with Crippen LogP contribution in [-0.2, 0) is 10.0 Å². The lowest BCUT2D eigenvalue weighted by atomic mass is 10.2. The van der Waals surface area contributed by atoms with Crippen LogP contribution in [0.25, 0.3) is 0 Å². The molecular formula is C9H14N4O2S. The van der Waals surface area contributed by atoms with E-state index in [9.17, 15) is 8.42 Å². The highest BCUT2D eigenvalue weighted by Gasteiger charge is 2.34. The highest BCUT2D eigenvalue weighted by molar-refractivity contribution is 7.89. The van der Waals surface area contributed by atoms with Gasteiger partial charge in [0.2, 0.25) is 16.0 Å². The second-order valence-corrected chi connectivity index (χ2v) is 5.89. The molecule has 0 unspecified atom stereocenters. The number of rotatable bonds is 4. The normalized spacial score (nSPS) is 18.1. The predicted octanol–water partition coefficient (Wildman–Crippen LogP) is -0.0776. The minimum atomic E-state index is -3.03. The molecule has 2 rings (SSSR count). The Morgan fingerprint density at radius 1 is 1.44 bits per heavy atom. The lowest BCUT2D eigenvalue weighted by Gasteiger charge is -2.38. The van der Waals surface area contributed by atoms with E-state index >= 15 is 0 Å². The largest absolute Gasteiger partial charge is 0.349 e. The highest BCUT2D eigenvalue weighted by Crippen LogP contribution is 2.16. The van der Waals surface area contributed by atoms with E-state index in [1.165, 1.54) is 4.31 Å². The summed E-state index contributed by atoms with van der Waals surface area (Å²) in [6, 6.07) is 1.85. The Kier molecular flexibility index (Phi) is 3.06. The minimum absolute atomic E-state index is 0.115. The Labute approximate surface area is 94.8 Å². The molecule has 6 nitrogen and oxygen atoms in total. The van der Waals surface area contributed by atoms with Crippen molar-refractivity contribution in [1.82, 2.24) is 14.3 Å². The average molecular weight is 242 g/mol. The van der Waals surface area contributed by atoms with Crippen molar-refractivity contribution in [1.29, 1.82) is 0 Å².